The molecule has 1 saturated heterocycles. The molecule has 1 aromatic rings. The number of benzene rings is 1. The highest BCUT2D eigenvalue weighted by Crippen LogP contribution is 2.12. The van der Waals surface area contributed by atoms with E-state index in [1.165, 1.54) is 31.4 Å². The van der Waals surface area contributed by atoms with Crippen LogP contribution in [0.1, 0.15) is 32.6 Å². The average Bonchev–Trinajstić information content (AvgIpc) is 2.98. The lowest BCUT2D eigenvalue weighted by molar-refractivity contribution is 0.219. The van der Waals surface area contributed by atoms with Gasteiger partial charge in [-0.25, -0.2) is 4.39 Å². The van der Waals surface area contributed by atoms with E-state index >= 15 is 0 Å². The largest absolute Gasteiger partial charge is 0.494 e. The van der Waals surface area contributed by atoms with Crippen LogP contribution in [0.15, 0.2) is 24.3 Å². The highest BCUT2D eigenvalue weighted by molar-refractivity contribution is 5.21. The maximum atomic E-state index is 12.8. The zero-order chi connectivity index (χ0) is 14.9. The van der Waals surface area contributed by atoms with Gasteiger partial charge >= 0.3 is 0 Å². The molecule has 0 saturated carbocycles. The first-order valence-corrected chi connectivity index (χ1v) is 8.12. The van der Waals surface area contributed by atoms with Crippen LogP contribution in [0, 0.1) is 5.82 Å². The highest BCUT2D eigenvalue weighted by atomic mass is 19.1. The summed E-state index contributed by atoms with van der Waals surface area (Å²) in [4.78, 5) is 2.52. The molecule has 118 valence electrons. The Balaban J connectivity index is 1.65. The summed E-state index contributed by atoms with van der Waals surface area (Å²) >= 11 is 0. The molecule has 1 atom stereocenters. The van der Waals surface area contributed by atoms with Gasteiger partial charge in [0, 0.05) is 19.1 Å². The van der Waals surface area contributed by atoms with Gasteiger partial charge in [-0.2, -0.15) is 0 Å². The van der Waals surface area contributed by atoms with E-state index in [1.807, 2.05) is 0 Å². The molecular formula is C17H27FN2O. The third-order valence-corrected chi connectivity index (χ3v) is 3.88. The van der Waals surface area contributed by atoms with Gasteiger partial charge in [-0.3, -0.25) is 0 Å². The molecule has 0 bridgehead atoms. The van der Waals surface area contributed by atoms with Crippen LogP contribution in [0.3, 0.4) is 0 Å². The van der Waals surface area contributed by atoms with Crippen molar-refractivity contribution in [2.24, 2.45) is 0 Å². The Morgan fingerprint density at radius 3 is 2.76 bits per heavy atom. The Kier molecular flexibility index (Phi) is 6.96. The van der Waals surface area contributed by atoms with Crippen molar-refractivity contribution in [2.45, 2.75) is 38.6 Å². The van der Waals surface area contributed by atoms with E-state index in [4.69, 9.17) is 4.74 Å². The Morgan fingerprint density at radius 2 is 2.10 bits per heavy atom. The molecule has 1 heterocycles. The molecule has 1 aromatic carbocycles. The summed E-state index contributed by atoms with van der Waals surface area (Å²) in [6, 6.07) is 6.90. The van der Waals surface area contributed by atoms with Gasteiger partial charge in [-0.05, 0) is 63.0 Å². The lowest BCUT2D eigenvalue weighted by atomic mass is 10.2. The molecule has 1 unspecified atom stereocenters. The van der Waals surface area contributed by atoms with Crippen molar-refractivity contribution in [1.29, 1.82) is 0 Å². The molecular weight excluding hydrogens is 267 g/mol. The standard InChI is InChI=1S/C17H27FN2O/c1-2-11-20(14-16-5-3-10-19-16)12-4-13-21-17-8-6-15(18)7-9-17/h6-9,16,19H,2-5,10-14H2,1H3. The van der Waals surface area contributed by atoms with Crippen LogP contribution in [-0.2, 0) is 0 Å². The van der Waals surface area contributed by atoms with Crippen molar-refractivity contribution >= 4 is 0 Å². The molecule has 0 aromatic heterocycles. The Labute approximate surface area is 127 Å². The number of rotatable bonds is 9. The SMILES string of the molecule is CCCN(CCCOc1ccc(F)cc1)CC1CCCN1. The summed E-state index contributed by atoms with van der Waals surface area (Å²) in [5.74, 6) is 0.524. The van der Waals surface area contributed by atoms with E-state index in [0.717, 1.165) is 38.3 Å². The topological polar surface area (TPSA) is 24.5 Å². The molecule has 4 heteroatoms. The van der Waals surface area contributed by atoms with Crippen molar-refractivity contribution in [3.8, 4) is 5.75 Å². The van der Waals surface area contributed by atoms with Gasteiger partial charge in [0.25, 0.3) is 0 Å². The van der Waals surface area contributed by atoms with Gasteiger partial charge in [0.15, 0.2) is 0 Å². The molecule has 21 heavy (non-hydrogen) atoms. The van der Waals surface area contributed by atoms with Crippen molar-refractivity contribution in [3.63, 3.8) is 0 Å². The second-order valence-corrected chi connectivity index (χ2v) is 5.75. The Hall–Kier alpha value is -1.13. The maximum absolute atomic E-state index is 12.8. The van der Waals surface area contributed by atoms with Crippen molar-refractivity contribution in [1.82, 2.24) is 10.2 Å². The maximum Gasteiger partial charge on any atom is 0.123 e. The monoisotopic (exact) mass is 294 g/mol. The fourth-order valence-corrected chi connectivity index (χ4v) is 2.84. The second-order valence-electron chi connectivity index (χ2n) is 5.75. The van der Waals surface area contributed by atoms with Crippen molar-refractivity contribution < 1.29 is 9.13 Å². The Bertz CT molecular complexity index is 390. The zero-order valence-electron chi connectivity index (χ0n) is 13.0. The smallest absolute Gasteiger partial charge is 0.123 e. The summed E-state index contributed by atoms with van der Waals surface area (Å²) in [6.07, 6.45) is 4.79. The van der Waals surface area contributed by atoms with E-state index in [2.05, 4.69) is 17.1 Å². The quantitative estimate of drug-likeness (QED) is 0.708. The van der Waals surface area contributed by atoms with E-state index in [0.29, 0.717) is 12.6 Å². The minimum Gasteiger partial charge on any atom is -0.494 e. The minimum absolute atomic E-state index is 0.222. The van der Waals surface area contributed by atoms with Gasteiger partial charge in [0.05, 0.1) is 6.61 Å². The van der Waals surface area contributed by atoms with Gasteiger partial charge in [-0.15, -0.1) is 0 Å². The fourth-order valence-electron chi connectivity index (χ4n) is 2.84. The lowest BCUT2D eigenvalue weighted by Crippen LogP contribution is -2.38. The summed E-state index contributed by atoms with van der Waals surface area (Å²) < 4.78 is 18.4. The molecule has 1 aliphatic rings. The van der Waals surface area contributed by atoms with Crippen LogP contribution >= 0.6 is 0 Å². The zero-order valence-corrected chi connectivity index (χ0v) is 13.0. The molecule has 2 rings (SSSR count). The molecule has 0 aliphatic carbocycles. The number of nitrogens with zero attached hydrogens (tertiary/aromatic N) is 1. The van der Waals surface area contributed by atoms with Crippen molar-refractivity contribution in [3.05, 3.63) is 30.1 Å². The summed E-state index contributed by atoms with van der Waals surface area (Å²) in [5.41, 5.74) is 0. The first-order valence-electron chi connectivity index (χ1n) is 8.12. The summed E-state index contributed by atoms with van der Waals surface area (Å²) in [7, 11) is 0. The highest BCUT2D eigenvalue weighted by Gasteiger charge is 2.17. The molecule has 0 spiro atoms. The second kappa shape index (κ2) is 9.00. The van der Waals surface area contributed by atoms with E-state index in [1.54, 1.807) is 12.1 Å². The van der Waals surface area contributed by atoms with Crippen LogP contribution in [0.2, 0.25) is 0 Å². The fraction of sp³-hybridized carbons (Fsp3) is 0.647. The first kappa shape index (κ1) is 16.2. The van der Waals surface area contributed by atoms with Crippen LogP contribution in [0.5, 0.6) is 5.75 Å². The average molecular weight is 294 g/mol. The van der Waals surface area contributed by atoms with Gasteiger partial charge in [0.1, 0.15) is 11.6 Å². The molecule has 3 nitrogen and oxygen atoms in total. The van der Waals surface area contributed by atoms with Crippen LogP contribution in [0.25, 0.3) is 0 Å². The predicted molar refractivity (Wildman–Crippen MR) is 84.3 cm³/mol. The minimum atomic E-state index is -0.222. The van der Waals surface area contributed by atoms with Gasteiger partial charge in [-0.1, -0.05) is 6.92 Å². The van der Waals surface area contributed by atoms with Crippen LogP contribution in [-0.4, -0.2) is 43.7 Å². The number of nitrogens with one attached hydrogen (secondary N) is 1. The number of hydrogen-bond donors (Lipinski definition) is 1. The summed E-state index contributed by atoms with van der Waals surface area (Å²) in [5, 5.41) is 3.56. The third kappa shape index (κ3) is 6.02. The normalized spacial score (nSPS) is 18.3. The van der Waals surface area contributed by atoms with E-state index < -0.39 is 0 Å². The van der Waals surface area contributed by atoms with Gasteiger partial charge < -0.3 is 15.0 Å². The van der Waals surface area contributed by atoms with E-state index in [9.17, 15) is 4.39 Å². The lowest BCUT2D eigenvalue weighted by Gasteiger charge is -2.25. The molecule has 0 amide bonds. The summed E-state index contributed by atoms with van der Waals surface area (Å²) in [6.45, 7) is 7.43. The van der Waals surface area contributed by atoms with Crippen LogP contribution < -0.4 is 10.1 Å². The Morgan fingerprint density at radius 1 is 1.29 bits per heavy atom. The molecule has 0 radical (unpaired) electrons. The number of ether oxygens (including phenoxy) is 1. The molecule has 1 fully saturated rings. The van der Waals surface area contributed by atoms with Gasteiger partial charge in [0.2, 0.25) is 0 Å². The molecule has 1 N–H and O–H groups in total. The third-order valence-electron chi connectivity index (χ3n) is 3.88. The predicted octanol–water partition coefficient (Wildman–Crippen LogP) is 3.06. The van der Waals surface area contributed by atoms with Crippen LogP contribution in [0.4, 0.5) is 4.39 Å². The molecule has 1 aliphatic heterocycles. The first-order chi connectivity index (χ1) is 10.3. The van der Waals surface area contributed by atoms with Crippen molar-refractivity contribution in [2.75, 3.05) is 32.8 Å². The van der Waals surface area contributed by atoms with E-state index in [-0.39, 0.29) is 5.82 Å². The number of hydrogen-bond acceptors (Lipinski definition) is 3. The number of halogens is 1.